The number of carbonyl (C=O) groups is 3. The number of nitrogens with zero attached hydrogens (tertiary/aromatic N) is 2. The van der Waals surface area contributed by atoms with Crippen molar-refractivity contribution in [1.29, 1.82) is 0 Å². The number of hydrogen-bond donors (Lipinski definition) is 5. The Balaban J connectivity index is 1.22. The highest BCUT2D eigenvalue weighted by atomic mass is 16.5. The number of imidazole rings is 1. The first kappa shape index (κ1) is 28.9. The van der Waals surface area contributed by atoms with Crippen molar-refractivity contribution in [3.8, 4) is 5.75 Å². The Kier molecular flexibility index (Phi) is 9.18. The van der Waals surface area contributed by atoms with Crippen molar-refractivity contribution in [2.45, 2.75) is 25.3 Å². The summed E-state index contributed by atoms with van der Waals surface area (Å²) in [5.41, 5.74) is 10.3. The summed E-state index contributed by atoms with van der Waals surface area (Å²) in [4.78, 5) is 51.9. The third kappa shape index (κ3) is 6.80. The first-order valence-electron chi connectivity index (χ1n) is 14.2. The average molecular weight is 572 g/mol. The van der Waals surface area contributed by atoms with Crippen molar-refractivity contribution in [2.75, 3.05) is 33.3 Å². The number of rotatable bonds is 12. The van der Waals surface area contributed by atoms with Crippen LogP contribution in [0, 0.1) is 11.8 Å². The van der Waals surface area contributed by atoms with Crippen LogP contribution < -0.4 is 21.1 Å². The molecule has 0 radical (unpaired) electrons. The van der Waals surface area contributed by atoms with Gasteiger partial charge in [0.2, 0.25) is 17.7 Å². The normalized spacial score (nSPS) is 17.2. The van der Waals surface area contributed by atoms with Crippen molar-refractivity contribution in [3.63, 3.8) is 0 Å². The lowest BCUT2D eigenvalue weighted by molar-refractivity contribution is -0.132. The van der Waals surface area contributed by atoms with Crippen LogP contribution in [0.3, 0.4) is 0 Å². The molecule has 1 fully saturated rings. The van der Waals surface area contributed by atoms with Gasteiger partial charge in [0.15, 0.2) is 0 Å². The Morgan fingerprint density at radius 3 is 2.36 bits per heavy atom. The van der Waals surface area contributed by atoms with Crippen LogP contribution >= 0.6 is 0 Å². The number of likely N-dealkylation sites (tertiary alicyclic amines) is 1. The fourth-order valence-electron chi connectivity index (χ4n) is 5.52. The van der Waals surface area contributed by atoms with E-state index in [1.54, 1.807) is 24.5 Å². The summed E-state index contributed by atoms with van der Waals surface area (Å²) in [5, 5.41) is 7.05. The highest BCUT2D eigenvalue weighted by Crippen LogP contribution is 2.26. The maximum Gasteiger partial charge on any atom is 0.239 e. The second kappa shape index (κ2) is 13.3. The lowest BCUT2D eigenvalue weighted by Gasteiger charge is -2.21. The van der Waals surface area contributed by atoms with Crippen LogP contribution in [-0.4, -0.2) is 76.9 Å². The average Bonchev–Trinajstić information content (AvgIpc) is 3.78. The minimum absolute atomic E-state index is 0.131. The Bertz CT molecular complexity index is 1500. The molecule has 11 nitrogen and oxygen atoms in total. The first-order chi connectivity index (χ1) is 20.4. The number of benzene rings is 2. The van der Waals surface area contributed by atoms with E-state index in [2.05, 4.69) is 25.6 Å². The summed E-state index contributed by atoms with van der Waals surface area (Å²) in [6, 6.07) is 14.6. The zero-order valence-corrected chi connectivity index (χ0v) is 23.6. The lowest BCUT2D eigenvalue weighted by atomic mass is 9.94. The molecule has 0 saturated carbocycles. The van der Waals surface area contributed by atoms with E-state index >= 15 is 0 Å². The number of aromatic nitrogens is 3. The summed E-state index contributed by atoms with van der Waals surface area (Å²) in [7, 11) is 1.59. The number of H-pyrrole nitrogens is 2. The van der Waals surface area contributed by atoms with Crippen LogP contribution in [0.25, 0.3) is 10.9 Å². The first-order valence-corrected chi connectivity index (χ1v) is 14.2. The van der Waals surface area contributed by atoms with Crippen LogP contribution in [0.2, 0.25) is 0 Å². The number of amides is 3. The molecule has 1 aliphatic rings. The Labute approximate surface area is 244 Å². The number of methoxy groups -OCH3 is 1. The summed E-state index contributed by atoms with van der Waals surface area (Å²) in [6.45, 7) is 1.06. The number of aromatic amines is 2. The standard InChI is InChI=1S/C31H37N7O4/c1-42-23-8-6-20(7-9-23)14-27(32)31(41)38-17-25(26(18-38)30(40)35-13-11-22-16-33-19-37-22)29(39)34-12-10-21-15-36-28-5-3-2-4-24(21)28/h2-9,15-16,19,25-27,36H,10-14,17-18,32H2,1H3,(H,33,37)(H,34,39)(H,35,40)/t25-,26-,27+/m1/s1. The summed E-state index contributed by atoms with van der Waals surface area (Å²) in [5.74, 6) is -1.43. The van der Waals surface area contributed by atoms with E-state index in [1.807, 2.05) is 54.7 Å². The molecule has 220 valence electrons. The van der Waals surface area contributed by atoms with Gasteiger partial charge in [0.1, 0.15) is 5.75 Å². The molecule has 0 unspecified atom stereocenters. The van der Waals surface area contributed by atoms with Crippen molar-refractivity contribution in [3.05, 3.63) is 84.1 Å². The van der Waals surface area contributed by atoms with Crippen molar-refractivity contribution in [1.82, 2.24) is 30.5 Å². The van der Waals surface area contributed by atoms with Gasteiger partial charge in [-0.05, 0) is 42.2 Å². The predicted molar refractivity (Wildman–Crippen MR) is 159 cm³/mol. The SMILES string of the molecule is COc1ccc(C[C@H](N)C(=O)N2C[C@@H](C(=O)NCCc3cnc[nH]3)[C@H](C(=O)NCCc3c[nH]c4ccccc34)C2)cc1. The summed E-state index contributed by atoms with van der Waals surface area (Å²) < 4.78 is 5.20. The highest BCUT2D eigenvalue weighted by Gasteiger charge is 2.44. The van der Waals surface area contributed by atoms with Crippen molar-refractivity contribution in [2.24, 2.45) is 17.6 Å². The molecule has 1 saturated heterocycles. The molecular formula is C31H37N7O4. The highest BCUT2D eigenvalue weighted by molar-refractivity contribution is 5.91. The third-order valence-corrected chi connectivity index (χ3v) is 7.85. The smallest absolute Gasteiger partial charge is 0.239 e. The number of nitrogens with one attached hydrogen (secondary N) is 4. The van der Waals surface area contributed by atoms with Gasteiger partial charge in [-0.15, -0.1) is 0 Å². The van der Waals surface area contributed by atoms with Crippen LogP contribution in [0.15, 0.2) is 67.3 Å². The molecule has 1 aliphatic heterocycles. The molecule has 42 heavy (non-hydrogen) atoms. The zero-order valence-electron chi connectivity index (χ0n) is 23.6. The minimum Gasteiger partial charge on any atom is -0.497 e. The number of carbonyl (C=O) groups excluding carboxylic acids is 3. The van der Waals surface area contributed by atoms with Gasteiger partial charge in [0.05, 0.1) is 31.3 Å². The van der Waals surface area contributed by atoms with Gasteiger partial charge in [-0.3, -0.25) is 14.4 Å². The number of para-hydroxylation sites is 1. The molecule has 11 heteroatoms. The molecule has 0 aliphatic carbocycles. The van der Waals surface area contributed by atoms with Crippen molar-refractivity contribution >= 4 is 28.6 Å². The lowest BCUT2D eigenvalue weighted by Crippen LogP contribution is -2.44. The Hall–Kier alpha value is -4.64. The monoisotopic (exact) mass is 571 g/mol. The van der Waals surface area contributed by atoms with Gasteiger partial charge < -0.3 is 36.0 Å². The zero-order chi connectivity index (χ0) is 29.5. The third-order valence-electron chi connectivity index (χ3n) is 7.85. The van der Waals surface area contributed by atoms with E-state index in [0.717, 1.165) is 33.5 Å². The molecule has 3 atom stereocenters. The van der Waals surface area contributed by atoms with E-state index in [1.165, 1.54) is 0 Å². The second-order valence-electron chi connectivity index (χ2n) is 10.6. The van der Waals surface area contributed by atoms with E-state index in [4.69, 9.17) is 10.5 Å². The molecule has 0 spiro atoms. The van der Waals surface area contributed by atoms with Crippen LogP contribution in [0.1, 0.15) is 16.8 Å². The van der Waals surface area contributed by atoms with Gasteiger partial charge in [-0.1, -0.05) is 30.3 Å². The van der Waals surface area contributed by atoms with Gasteiger partial charge in [-0.25, -0.2) is 4.98 Å². The van der Waals surface area contributed by atoms with E-state index in [0.29, 0.717) is 32.4 Å². The predicted octanol–water partition coefficient (Wildman–Crippen LogP) is 1.56. The minimum atomic E-state index is -0.800. The number of ether oxygens (including phenoxy) is 1. The van der Waals surface area contributed by atoms with Gasteiger partial charge in [0, 0.05) is 61.6 Å². The molecule has 0 bridgehead atoms. The largest absolute Gasteiger partial charge is 0.497 e. The molecule has 2 aromatic heterocycles. The fraction of sp³-hybridized carbons (Fsp3) is 0.355. The molecule has 3 heterocycles. The van der Waals surface area contributed by atoms with Crippen LogP contribution in [0.5, 0.6) is 5.75 Å². The second-order valence-corrected chi connectivity index (χ2v) is 10.6. The molecule has 2 aromatic carbocycles. The maximum atomic E-state index is 13.4. The Morgan fingerprint density at radius 1 is 1.00 bits per heavy atom. The molecular weight excluding hydrogens is 534 g/mol. The number of fused-ring (bicyclic) bond motifs is 1. The van der Waals surface area contributed by atoms with E-state index in [9.17, 15) is 14.4 Å². The number of nitrogens with two attached hydrogens (primary N) is 1. The molecule has 3 amide bonds. The number of hydrogen-bond acceptors (Lipinski definition) is 6. The summed E-state index contributed by atoms with van der Waals surface area (Å²) in [6.07, 6.45) is 6.79. The van der Waals surface area contributed by atoms with Gasteiger partial charge in [0.25, 0.3) is 0 Å². The fourth-order valence-corrected chi connectivity index (χ4v) is 5.52. The van der Waals surface area contributed by atoms with Crippen molar-refractivity contribution < 1.29 is 19.1 Å². The Morgan fingerprint density at radius 2 is 1.69 bits per heavy atom. The van der Waals surface area contributed by atoms with Crippen LogP contribution in [0.4, 0.5) is 0 Å². The maximum absolute atomic E-state index is 13.4. The topological polar surface area (TPSA) is 158 Å². The molecule has 6 N–H and O–H groups in total. The molecule has 4 aromatic rings. The van der Waals surface area contributed by atoms with Gasteiger partial charge in [-0.2, -0.15) is 0 Å². The van der Waals surface area contributed by atoms with Gasteiger partial charge >= 0.3 is 0 Å². The van der Waals surface area contributed by atoms with E-state index < -0.39 is 17.9 Å². The quantitative estimate of drug-likeness (QED) is 0.174. The van der Waals surface area contributed by atoms with E-state index in [-0.39, 0.29) is 30.8 Å². The summed E-state index contributed by atoms with van der Waals surface area (Å²) >= 11 is 0. The van der Waals surface area contributed by atoms with Crippen LogP contribution in [-0.2, 0) is 33.6 Å². The molecule has 5 rings (SSSR count).